The molecule has 0 bridgehead atoms. The van der Waals surface area contributed by atoms with Crippen molar-refractivity contribution in [1.29, 1.82) is 0 Å². The van der Waals surface area contributed by atoms with Gasteiger partial charge in [-0.05, 0) is 44.9 Å². The van der Waals surface area contributed by atoms with Gasteiger partial charge in [0.05, 0.1) is 11.3 Å². The van der Waals surface area contributed by atoms with E-state index in [2.05, 4.69) is 0 Å². The molecule has 26 heavy (non-hydrogen) atoms. The first-order valence-corrected chi connectivity index (χ1v) is 9.26. The fraction of sp³-hybridized carbons (Fsp3) is 0.450. The summed E-state index contributed by atoms with van der Waals surface area (Å²) in [5.74, 6) is -0.770. The van der Waals surface area contributed by atoms with E-state index in [1.807, 2.05) is 18.7 Å². The Kier molecular flexibility index (Phi) is 6.59. The van der Waals surface area contributed by atoms with Crippen LogP contribution >= 0.6 is 11.6 Å². The molecular weight excluding hydrogens is 352 g/mol. The largest absolute Gasteiger partial charge is 0.377 e. The van der Waals surface area contributed by atoms with Gasteiger partial charge >= 0.3 is 0 Å². The average Bonchev–Trinajstić information content (AvgIpc) is 3.46. The van der Waals surface area contributed by atoms with Gasteiger partial charge in [0.2, 0.25) is 5.91 Å². The normalized spacial score (nSPS) is 14.1. The lowest BCUT2D eigenvalue weighted by molar-refractivity contribution is -0.117. The fourth-order valence-corrected chi connectivity index (χ4v) is 2.84. The third-order valence-corrected chi connectivity index (χ3v) is 4.86. The minimum atomic E-state index is -0.367. The number of allylic oxidation sites excluding steroid dienone is 1. The molecule has 0 unspecified atom stereocenters. The zero-order valence-electron chi connectivity index (χ0n) is 15.7. The first-order chi connectivity index (χ1) is 12.3. The Morgan fingerprint density at radius 3 is 2.31 bits per heavy atom. The van der Waals surface area contributed by atoms with Gasteiger partial charge in [-0.1, -0.05) is 11.6 Å². The van der Waals surface area contributed by atoms with Crippen LogP contribution in [0.2, 0.25) is 5.02 Å². The highest BCUT2D eigenvalue weighted by Crippen LogP contribution is 2.34. The molecule has 0 aliphatic heterocycles. The van der Waals surface area contributed by atoms with Crippen molar-refractivity contribution in [3.8, 4) is 0 Å². The first-order valence-electron chi connectivity index (χ1n) is 8.88. The van der Waals surface area contributed by atoms with Gasteiger partial charge in [0.1, 0.15) is 0 Å². The van der Waals surface area contributed by atoms with E-state index in [-0.39, 0.29) is 29.0 Å². The SMILES string of the molecule is CCN(/C=C(\C(=O)c1ccc(Cl)cc1N(C)C(C)=O)C(=O)C1CC1)CC. The van der Waals surface area contributed by atoms with Gasteiger partial charge in [-0.2, -0.15) is 0 Å². The van der Waals surface area contributed by atoms with Crippen LogP contribution in [0, 0.1) is 5.92 Å². The maximum absolute atomic E-state index is 13.2. The van der Waals surface area contributed by atoms with E-state index < -0.39 is 0 Å². The summed E-state index contributed by atoms with van der Waals surface area (Å²) in [4.78, 5) is 41.1. The summed E-state index contributed by atoms with van der Waals surface area (Å²) in [5.41, 5.74) is 0.889. The molecule has 140 valence electrons. The van der Waals surface area contributed by atoms with Crippen LogP contribution in [0.3, 0.4) is 0 Å². The second-order valence-corrected chi connectivity index (χ2v) is 6.91. The van der Waals surface area contributed by atoms with E-state index in [9.17, 15) is 14.4 Å². The van der Waals surface area contributed by atoms with Crippen LogP contribution in [-0.2, 0) is 9.59 Å². The lowest BCUT2D eigenvalue weighted by Crippen LogP contribution is -2.27. The minimum absolute atomic E-state index is 0.0675. The predicted molar refractivity (Wildman–Crippen MR) is 104 cm³/mol. The summed E-state index contributed by atoms with van der Waals surface area (Å²) < 4.78 is 0. The summed E-state index contributed by atoms with van der Waals surface area (Å²) >= 11 is 6.06. The minimum Gasteiger partial charge on any atom is -0.377 e. The molecule has 0 heterocycles. The number of rotatable bonds is 8. The highest BCUT2D eigenvalue weighted by atomic mass is 35.5. The van der Waals surface area contributed by atoms with E-state index >= 15 is 0 Å². The van der Waals surface area contributed by atoms with Crippen LogP contribution in [0.1, 0.15) is 44.0 Å². The van der Waals surface area contributed by atoms with Crippen molar-refractivity contribution >= 4 is 34.8 Å². The molecule has 1 amide bonds. The fourth-order valence-electron chi connectivity index (χ4n) is 2.68. The van der Waals surface area contributed by atoms with E-state index in [0.29, 0.717) is 29.4 Å². The smallest absolute Gasteiger partial charge is 0.223 e. The van der Waals surface area contributed by atoms with Gasteiger partial charge in [-0.25, -0.2) is 0 Å². The topological polar surface area (TPSA) is 57.7 Å². The Bertz CT molecular complexity index is 749. The molecule has 1 aliphatic carbocycles. The summed E-state index contributed by atoms with van der Waals surface area (Å²) in [5, 5.41) is 0.424. The molecule has 5 nitrogen and oxygen atoms in total. The Labute approximate surface area is 159 Å². The van der Waals surface area contributed by atoms with Gasteiger partial charge in [0, 0.05) is 49.8 Å². The Morgan fingerprint density at radius 2 is 1.81 bits per heavy atom. The Balaban J connectivity index is 2.51. The maximum Gasteiger partial charge on any atom is 0.223 e. The molecule has 1 fully saturated rings. The van der Waals surface area contributed by atoms with Gasteiger partial charge in [-0.3, -0.25) is 14.4 Å². The molecular formula is C20H25ClN2O3. The number of benzene rings is 1. The quantitative estimate of drug-likeness (QED) is 0.300. The number of hydrogen-bond acceptors (Lipinski definition) is 4. The molecule has 0 spiro atoms. The van der Waals surface area contributed by atoms with Crippen LogP contribution in [0.4, 0.5) is 5.69 Å². The van der Waals surface area contributed by atoms with Crippen molar-refractivity contribution < 1.29 is 14.4 Å². The molecule has 1 aromatic carbocycles. The Hall–Kier alpha value is -2.14. The average molecular weight is 377 g/mol. The highest BCUT2D eigenvalue weighted by molar-refractivity contribution is 6.32. The molecule has 0 radical (unpaired) electrons. The Morgan fingerprint density at radius 1 is 1.19 bits per heavy atom. The third-order valence-electron chi connectivity index (χ3n) is 4.62. The van der Waals surface area contributed by atoms with Gasteiger partial charge in [-0.15, -0.1) is 0 Å². The van der Waals surface area contributed by atoms with Crippen molar-refractivity contribution in [2.75, 3.05) is 25.0 Å². The van der Waals surface area contributed by atoms with Crippen LogP contribution in [-0.4, -0.2) is 42.5 Å². The van der Waals surface area contributed by atoms with E-state index in [1.54, 1.807) is 31.4 Å². The molecule has 2 rings (SSSR count). The van der Waals surface area contributed by atoms with Crippen molar-refractivity contribution in [2.45, 2.75) is 33.6 Å². The second-order valence-electron chi connectivity index (χ2n) is 6.47. The number of carbonyl (C=O) groups excluding carboxylic acids is 3. The number of hydrogen-bond donors (Lipinski definition) is 0. The van der Waals surface area contributed by atoms with Crippen LogP contribution in [0.25, 0.3) is 0 Å². The lowest BCUT2D eigenvalue weighted by atomic mass is 9.96. The summed E-state index contributed by atoms with van der Waals surface area (Å²) in [6.45, 7) is 6.76. The number of ketones is 2. The zero-order chi connectivity index (χ0) is 19.4. The monoisotopic (exact) mass is 376 g/mol. The zero-order valence-corrected chi connectivity index (χ0v) is 16.5. The third kappa shape index (κ3) is 4.52. The summed E-state index contributed by atoms with van der Waals surface area (Å²) in [6.07, 6.45) is 3.31. The highest BCUT2D eigenvalue weighted by Gasteiger charge is 2.35. The molecule has 0 aromatic heterocycles. The van der Waals surface area contributed by atoms with E-state index in [4.69, 9.17) is 11.6 Å². The van der Waals surface area contributed by atoms with Crippen molar-refractivity contribution in [3.05, 3.63) is 40.6 Å². The van der Waals surface area contributed by atoms with Gasteiger partial charge < -0.3 is 9.80 Å². The molecule has 1 aromatic rings. The number of nitrogens with zero attached hydrogens (tertiary/aromatic N) is 2. The number of amides is 1. The molecule has 0 N–H and O–H groups in total. The van der Waals surface area contributed by atoms with Crippen molar-refractivity contribution in [2.24, 2.45) is 5.92 Å². The maximum atomic E-state index is 13.2. The van der Waals surface area contributed by atoms with E-state index in [0.717, 1.165) is 12.8 Å². The van der Waals surface area contributed by atoms with Gasteiger partial charge in [0.15, 0.2) is 11.6 Å². The number of halogens is 1. The predicted octanol–water partition coefficient (Wildman–Crippen LogP) is 3.71. The second kappa shape index (κ2) is 8.49. The van der Waals surface area contributed by atoms with Crippen LogP contribution < -0.4 is 4.90 Å². The summed E-state index contributed by atoms with van der Waals surface area (Å²) in [6, 6.07) is 4.76. The molecule has 6 heteroatoms. The number of anilines is 1. The first kappa shape index (κ1) is 20.2. The molecule has 0 saturated heterocycles. The van der Waals surface area contributed by atoms with Crippen molar-refractivity contribution in [3.63, 3.8) is 0 Å². The number of Topliss-reactive ketones (excluding diaryl/α,β-unsaturated/α-hetero) is 2. The molecule has 1 aliphatic rings. The van der Waals surface area contributed by atoms with E-state index in [1.165, 1.54) is 11.8 Å². The lowest BCUT2D eigenvalue weighted by Gasteiger charge is -2.21. The molecule has 1 saturated carbocycles. The van der Waals surface area contributed by atoms with Crippen molar-refractivity contribution in [1.82, 2.24) is 4.90 Å². The summed E-state index contributed by atoms with van der Waals surface area (Å²) in [7, 11) is 1.58. The van der Waals surface area contributed by atoms with Gasteiger partial charge in [0.25, 0.3) is 0 Å². The standard InChI is InChI=1S/C20H25ClN2O3/c1-5-23(6-2)12-17(19(25)14-7-8-14)20(26)16-10-9-15(21)11-18(16)22(4)13(3)24/h9-12,14H,5-8H2,1-4H3/b17-12-. The molecule has 0 atom stereocenters. The van der Waals surface area contributed by atoms with Crippen LogP contribution in [0.5, 0.6) is 0 Å². The van der Waals surface area contributed by atoms with Crippen LogP contribution in [0.15, 0.2) is 30.0 Å². The number of carbonyl (C=O) groups is 3.